The topological polar surface area (TPSA) is 180 Å². The van der Waals surface area contributed by atoms with Crippen molar-refractivity contribution in [3.63, 3.8) is 0 Å². The van der Waals surface area contributed by atoms with E-state index in [1.54, 1.807) is 32.0 Å². The summed E-state index contributed by atoms with van der Waals surface area (Å²) >= 11 is 0. The molecule has 3 aromatic rings. The number of nitrogen functional groups attached to an aromatic ring is 1. The number of ether oxygens (including phenoxy) is 2. The highest BCUT2D eigenvalue weighted by atomic mass is 31.2. The van der Waals surface area contributed by atoms with E-state index < -0.39 is 73.3 Å². The first-order valence-electron chi connectivity index (χ1n) is 12.8. The SMILES string of the molecule is CC#C[C@@]1(F)C(O)[C@@H](COP(=O)(NC(C)C(=O)OC(C)C)Oc2ccccc2)O[C@H]1n1cc(F)c2c(=O)[nH]c(N)nc21. The number of halogens is 2. The van der Waals surface area contributed by atoms with Gasteiger partial charge in [-0.2, -0.15) is 10.1 Å². The Labute approximate surface area is 238 Å². The van der Waals surface area contributed by atoms with Gasteiger partial charge in [0.25, 0.3) is 5.56 Å². The maximum absolute atomic E-state index is 16.4. The van der Waals surface area contributed by atoms with Crippen molar-refractivity contribution in [2.45, 2.75) is 63.9 Å². The molecule has 1 aromatic carbocycles. The number of carbonyl (C=O) groups is 1. The molecule has 5 N–H and O–H groups in total. The van der Waals surface area contributed by atoms with Gasteiger partial charge in [-0.15, -0.1) is 5.92 Å². The summed E-state index contributed by atoms with van der Waals surface area (Å²) in [6.45, 7) is 5.22. The molecule has 0 spiro atoms. The molecule has 1 saturated heterocycles. The molecule has 42 heavy (non-hydrogen) atoms. The Bertz CT molecular complexity index is 1620. The van der Waals surface area contributed by atoms with Gasteiger partial charge in [-0.3, -0.25) is 23.7 Å². The van der Waals surface area contributed by atoms with E-state index in [0.717, 1.165) is 10.8 Å². The number of aromatic nitrogens is 3. The van der Waals surface area contributed by atoms with Gasteiger partial charge in [0, 0.05) is 6.20 Å². The van der Waals surface area contributed by atoms with Crippen LogP contribution in [0.3, 0.4) is 0 Å². The largest absolute Gasteiger partial charge is 0.462 e. The summed E-state index contributed by atoms with van der Waals surface area (Å²) in [4.78, 5) is 30.7. The van der Waals surface area contributed by atoms with Crippen LogP contribution in [0.1, 0.15) is 33.9 Å². The molecule has 6 atom stereocenters. The minimum atomic E-state index is -4.41. The number of carbonyl (C=O) groups excluding carboxylic acids is 1. The highest BCUT2D eigenvalue weighted by Crippen LogP contribution is 2.48. The molecular formula is C26H30F2N5O8P. The van der Waals surface area contributed by atoms with Crippen LogP contribution in [0.15, 0.2) is 41.3 Å². The number of H-pyrrole nitrogens is 1. The number of rotatable bonds is 10. The van der Waals surface area contributed by atoms with Crippen LogP contribution in [0, 0.1) is 17.7 Å². The summed E-state index contributed by atoms with van der Waals surface area (Å²) < 4.78 is 67.7. The summed E-state index contributed by atoms with van der Waals surface area (Å²) in [6, 6.07) is 6.72. The summed E-state index contributed by atoms with van der Waals surface area (Å²) in [5, 5.41) is 12.9. The van der Waals surface area contributed by atoms with E-state index >= 15 is 4.39 Å². The van der Waals surface area contributed by atoms with Gasteiger partial charge in [-0.05, 0) is 39.8 Å². The molecule has 0 amide bonds. The molecule has 226 valence electrons. The molecule has 3 unspecified atom stereocenters. The average Bonchev–Trinajstić information content (AvgIpc) is 3.36. The number of esters is 1. The number of benzene rings is 1. The van der Waals surface area contributed by atoms with Gasteiger partial charge < -0.3 is 24.8 Å². The first-order valence-corrected chi connectivity index (χ1v) is 14.3. The number of para-hydroxylation sites is 1. The molecule has 16 heteroatoms. The fourth-order valence-corrected chi connectivity index (χ4v) is 5.80. The molecule has 1 aliphatic rings. The van der Waals surface area contributed by atoms with Crippen LogP contribution >= 0.6 is 7.75 Å². The molecule has 2 aromatic heterocycles. The van der Waals surface area contributed by atoms with Crippen molar-refractivity contribution >= 4 is 30.7 Å². The first kappa shape index (κ1) is 31.1. The highest BCUT2D eigenvalue weighted by Gasteiger charge is 2.58. The Hall–Kier alpha value is -3.80. The quantitative estimate of drug-likeness (QED) is 0.151. The number of anilines is 1. The number of alkyl halides is 1. The van der Waals surface area contributed by atoms with Crippen LogP contribution in [0.5, 0.6) is 5.75 Å². The number of nitrogens with one attached hydrogen (secondary N) is 2. The molecule has 4 rings (SSSR count). The van der Waals surface area contributed by atoms with Crippen LogP contribution in [0.2, 0.25) is 0 Å². The minimum absolute atomic E-state index is 0.114. The zero-order valence-electron chi connectivity index (χ0n) is 23.0. The van der Waals surface area contributed by atoms with E-state index in [9.17, 15) is 23.7 Å². The Kier molecular flexibility index (Phi) is 9.05. The van der Waals surface area contributed by atoms with Crippen molar-refractivity contribution in [3.8, 4) is 17.6 Å². The number of aromatic amines is 1. The first-order chi connectivity index (χ1) is 19.8. The van der Waals surface area contributed by atoms with Crippen LogP contribution in [-0.2, 0) is 23.4 Å². The van der Waals surface area contributed by atoms with Crippen molar-refractivity contribution in [3.05, 3.63) is 52.7 Å². The lowest BCUT2D eigenvalue weighted by atomic mass is 9.96. The molecule has 1 aliphatic heterocycles. The van der Waals surface area contributed by atoms with E-state index in [0.29, 0.717) is 0 Å². The Morgan fingerprint density at radius 3 is 2.69 bits per heavy atom. The second-order valence-corrected chi connectivity index (χ2v) is 11.4. The monoisotopic (exact) mass is 609 g/mol. The van der Waals surface area contributed by atoms with E-state index in [1.807, 2.05) is 0 Å². The molecule has 13 nitrogen and oxygen atoms in total. The van der Waals surface area contributed by atoms with Gasteiger partial charge in [0.2, 0.25) is 11.6 Å². The third kappa shape index (κ3) is 6.33. The number of nitrogens with two attached hydrogens (primary N) is 1. The van der Waals surface area contributed by atoms with Crippen molar-refractivity contribution in [1.82, 2.24) is 19.6 Å². The lowest BCUT2D eigenvalue weighted by Gasteiger charge is -2.25. The zero-order valence-corrected chi connectivity index (χ0v) is 23.9. The van der Waals surface area contributed by atoms with E-state index in [4.69, 9.17) is 24.3 Å². The Morgan fingerprint density at radius 2 is 2.05 bits per heavy atom. The van der Waals surface area contributed by atoms with E-state index in [2.05, 4.69) is 26.9 Å². The van der Waals surface area contributed by atoms with Gasteiger partial charge in [-0.25, -0.2) is 13.3 Å². The summed E-state index contributed by atoms with van der Waals surface area (Å²) in [5.41, 5.74) is 1.48. The standard InChI is InChI=1S/C26H30F2N5O8P/c1-5-11-26(28)20(34)18(40-24(26)33-12-17(27)19-21(33)30-25(29)31-22(19)35)13-38-42(37,41-16-9-7-6-8-10-16)32-15(4)23(36)39-14(2)3/h6-10,12,14-15,18,20,24,34H,13H2,1-4H3,(H,32,37)(H3,29,30,31,35)/t15?,18-,20?,24-,26-,42?/m1/s1. The lowest BCUT2D eigenvalue weighted by molar-refractivity contribution is -0.149. The number of aliphatic hydroxyl groups excluding tert-OH is 1. The maximum Gasteiger partial charge on any atom is 0.459 e. The number of fused-ring (bicyclic) bond motifs is 1. The van der Waals surface area contributed by atoms with Gasteiger partial charge in [0.1, 0.15) is 29.4 Å². The van der Waals surface area contributed by atoms with Gasteiger partial charge in [-0.1, -0.05) is 24.1 Å². The zero-order chi connectivity index (χ0) is 30.8. The third-order valence-corrected chi connectivity index (χ3v) is 7.75. The lowest BCUT2D eigenvalue weighted by Crippen LogP contribution is -2.42. The Morgan fingerprint density at radius 1 is 1.36 bits per heavy atom. The second kappa shape index (κ2) is 12.2. The molecule has 0 aliphatic carbocycles. The fourth-order valence-electron chi connectivity index (χ4n) is 4.29. The number of nitrogens with zero attached hydrogens (tertiary/aromatic N) is 2. The number of hydrogen-bond donors (Lipinski definition) is 4. The van der Waals surface area contributed by atoms with E-state index in [-0.39, 0.29) is 17.3 Å². The normalized spacial score (nSPS) is 24.1. The van der Waals surface area contributed by atoms with Gasteiger partial charge in [0.05, 0.1) is 12.7 Å². The Balaban J connectivity index is 1.64. The minimum Gasteiger partial charge on any atom is -0.462 e. The van der Waals surface area contributed by atoms with E-state index in [1.165, 1.54) is 26.0 Å². The summed E-state index contributed by atoms with van der Waals surface area (Å²) in [7, 11) is -4.41. The summed E-state index contributed by atoms with van der Waals surface area (Å²) in [5.74, 6) is 2.57. The van der Waals surface area contributed by atoms with Crippen LogP contribution in [-0.4, -0.2) is 62.2 Å². The molecule has 0 bridgehead atoms. The molecule has 3 heterocycles. The molecule has 1 fully saturated rings. The van der Waals surface area contributed by atoms with Crippen molar-refractivity contribution in [1.29, 1.82) is 0 Å². The second-order valence-electron chi connectivity index (χ2n) is 9.68. The molecular weight excluding hydrogens is 579 g/mol. The number of hydrogen-bond acceptors (Lipinski definition) is 10. The predicted octanol–water partition coefficient (Wildman–Crippen LogP) is 2.57. The predicted molar refractivity (Wildman–Crippen MR) is 146 cm³/mol. The van der Waals surface area contributed by atoms with Crippen molar-refractivity contribution < 1.29 is 41.8 Å². The third-order valence-electron chi connectivity index (χ3n) is 6.10. The average molecular weight is 610 g/mol. The van der Waals surface area contributed by atoms with Crippen LogP contribution in [0.4, 0.5) is 14.7 Å². The van der Waals surface area contributed by atoms with Crippen molar-refractivity contribution in [2.75, 3.05) is 12.3 Å². The number of aliphatic hydroxyl groups is 1. The van der Waals surface area contributed by atoms with Gasteiger partial charge in [0.15, 0.2) is 17.7 Å². The summed E-state index contributed by atoms with van der Waals surface area (Å²) in [6.07, 6.45) is -5.09. The maximum atomic E-state index is 16.4. The van der Waals surface area contributed by atoms with Gasteiger partial charge >= 0.3 is 13.7 Å². The fraction of sp³-hybridized carbons (Fsp3) is 0.423. The van der Waals surface area contributed by atoms with Crippen LogP contribution < -0.4 is 20.9 Å². The van der Waals surface area contributed by atoms with Crippen molar-refractivity contribution in [2.24, 2.45) is 0 Å². The molecule has 0 saturated carbocycles. The molecule has 0 radical (unpaired) electrons. The van der Waals surface area contributed by atoms with Crippen LogP contribution in [0.25, 0.3) is 11.0 Å². The highest BCUT2D eigenvalue weighted by molar-refractivity contribution is 7.52. The smallest absolute Gasteiger partial charge is 0.459 e.